The van der Waals surface area contributed by atoms with Crippen LogP contribution in [0.4, 0.5) is 13.5 Å². The predicted octanol–water partition coefficient (Wildman–Crippen LogP) is 6.52. The van der Waals surface area contributed by atoms with Crippen molar-refractivity contribution in [1.29, 1.82) is 0 Å². The van der Waals surface area contributed by atoms with Gasteiger partial charge >= 0.3 is 0 Å². The quantitative estimate of drug-likeness (QED) is 0.534. The third kappa shape index (κ3) is 4.22. The zero-order chi connectivity index (χ0) is 18.7. The summed E-state index contributed by atoms with van der Waals surface area (Å²) in [5, 5.41) is 0.742. The number of rotatable bonds is 5. The molecular formula is C17H13Cl2F2NO2S2. The molecule has 1 atom stereocenters. The summed E-state index contributed by atoms with van der Waals surface area (Å²) in [6.45, 7) is 0.234. The van der Waals surface area contributed by atoms with Crippen molar-refractivity contribution >= 4 is 59.1 Å². The Hall–Kier alpha value is -1.15. The second kappa shape index (κ2) is 8.69. The van der Waals surface area contributed by atoms with Crippen molar-refractivity contribution in [2.45, 2.75) is 28.7 Å². The zero-order valence-electron chi connectivity index (χ0n) is 13.3. The maximum atomic E-state index is 13.2. The number of para-hydroxylation sites is 1. The van der Waals surface area contributed by atoms with Crippen molar-refractivity contribution in [2.75, 3.05) is 11.4 Å². The molecule has 0 N–H and O–H groups in total. The second-order valence-corrected chi connectivity index (χ2v) is 7.65. The average Bonchev–Trinajstić information content (AvgIpc) is 2.64. The molecular weight excluding hydrogens is 423 g/mol. The summed E-state index contributed by atoms with van der Waals surface area (Å²) < 4.78 is 31.7. The van der Waals surface area contributed by atoms with Gasteiger partial charge in [0.05, 0.1) is 51.5 Å². The molecule has 9 heteroatoms. The van der Waals surface area contributed by atoms with Gasteiger partial charge in [0.1, 0.15) is 11.9 Å². The van der Waals surface area contributed by atoms with Crippen LogP contribution in [0.1, 0.15) is 12.8 Å². The summed E-state index contributed by atoms with van der Waals surface area (Å²) in [5.41, 5.74) is 0.443. The number of carbonyl (C=O) groups excluding carboxylic acids is 1. The summed E-state index contributed by atoms with van der Waals surface area (Å²) in [6.07, 6.45) is 0.366. The van der Waals surface area contributed by atoms with Crippen LogP contribution in [0.15, 0.2) is 46.2 Å². The molecule has 0 spiro atoms. The fraction of sp³-hybridized carbons (Fsp3) is 0.235. The summed E-state index contributed by atoms with van der Waals surface area (Å²) in [6, 6.07) is 9.42. The smallest absolute Gasteiger partial charge is 0.227 e. The van der Waals surface area contributed by atoms with Crippen molar-refractivity contribution in [3.05, 3.63) is 46.4 Å². The standard InChI is InChI=1S/C17H13Cl2F2NO2S2/c18-12-2-1-3-13(19)17(12)22-9-10(4-7-16(22)23)24-14-6-5-11(25-20)8-15(14)26-21/h1-3,5-6,8,10H,4,7,9H2. The first-order valence-electron chi connectivity index (χ1n) is 7.65. The summed E-state index contributed by atoms with van der Waals surface area (Å²) in [4.78, 5) is 14.3. The molecule has 1 fully saturated rings. The lowest BCUT2D eigenvalue weighted by atomic mass is 10.1. The Bertz CT molecular complexity index is 805. The predicted molar refractivity (Wildman–Crippen MR) is 103 cm³/mol. The van der Waals surface area contributed by atoms with Crippen molar-refractivity contribution < 1.29 is 17.3 Å². The minimum atomic E-state index is -0.366. The lowest BCUT2D eigenvalue weighted by Gasteiger charge is -2.34. The number of halogens is 4. The molecule has 2 aromatic carbocycles. The van der Waals surface area contributed by atoms with Gasteiger partial charge in [0.15, 0.2) is 0 Å². The Kier molecular flexibility index (Phi) is 6.55. The van der Waals surface area contributed by atoms with E-state index in [2.05, 4.69) is 0 Å². The van der Waals surface area contributed by atoms with Crippen LogP contribution >= 0.6 is 47.5 Å². The third-order valence-electron chi connectivity index (χ3n) is 3.96. The molecule has 0 saturated carbocycles. The van der Waals surface area contributed by atoms with Crippen LogP contribution in [0.2, 0.25) is 10.0 Å². The Morgan fingerprint density at radius 3 is 2.50 bits per heavy atom. The first-order chi connectivity index (χ1) is 12.5. The number of hydrogen-bond donors (Lipinski definition) is 0. The first kappa shape index (κ1) is 19.6. The molecule has 0 aromatic heterocycles. The molecule has 3 rings (SSSR count). The average molecular weight is 436 g/mol. The Balaban J connectivity index is 1.82. The molecule has 1 amide bonds. The van der Waals surface area contributed by atoms with Gasteiger partial charge in [0.25, 0.3) is 0 Å². The summed E-state index contributed by atoms with van der Waals surface area (Å²) >= 11 is 12.4. The molecule has 0 radical (unpaired) electrons. The number of piperidine rings is 1. The Labute approximate surface area is 168 Å². The van der Waals surface area contributed by atoms with Gasteiger partial charge in [-0.15, -0.1) is 0 Å². The maximum Gasteiger partial charge on any atom is 0.227 e. The van der Waals surface area contributed by atoms with E-state index in [0.717, 1.165) is 0 Å². The van der Waals surface area contributed by atoms with Crippen molar-refractivity contribution in [3.63, 3.8) is 0 Å². The van der Waals surface area contributed by atoms with Crippen LogP contribution < -0.4 is 9.64 Å². The molecule has 1 unspecified atom stereocenters. The topological polar surface area (TPSA) is 29.5 Å². The van der Waals surface area contributed by atoms with E-state index in [9.17, 15) is 12.6 Å². The number of ether oxygens (including phenoxy) is 1. The van der Waals surface area contributed by atoms with E-state index in [1.54, 1.807) is 18.2 Å². The molecule has 1 saturated heterocycles. The van der Waals surface area contributed by atoms with Gasteiger partial charge in [-0.2, -0.15) is 7.77 Å². The highest BCUT2D eigenvalue weighted by atomic mass is 35.5. The first-order valence-corrected chi connectivity index (χ1v) is 9.84. The number of amides is 1. The van der Waals surface area contributed by atoms with Gasteiger partial charge in [0, 0.05) is 11.3 Å². The van der Waals surface area contributed by atoms with Crippen LogP contribution in [0.3, 0.4) is 0 Å². The number of carbonyl (C=O) groups is 1. The van der Waals surface area contributed by atoms with Crippen LogP contribution in [-0.4, -0.2) is 18.6 Å². The van der Waals surface area contributed by atoms with E-state index < -0.39 is 0 Å². The highest BCUT2D eigenvalue weighted by molar-refractivity contribution is 7.95. The molecule has 0 aliphatic carbocycles. The lowest BCUT2D eigenvalue weighted by Crippen LogP contribution is -2.45. The highest BCUT2D eigenvalue weighted by Gasteiger charge is 2.31. The monoisotopic (exact) mass is 435 g/mol. The largest absolute Gasteiger partial charge is 0.487 e. The van der Waals surface area contributed by atoms with Gasteiger partial charge in [-0.25, -0.2) is 0 Å². The molecule has 1 aliphatic heterocycles. The van der Waals surface area contributed by atoms with E-state index in [4.69, 9.17) is 27.9 Å². The van der Waals surface area contributed by atoms with E-state index >= 15 is 0 Å². The zero-order valence-corrected chi connectivity index (χ0v) is 16.4. The van der Waals surface area contributed by atoms with Crippen LogP contribution in [0.5, 0.6) is 5.75 Å². The van der Waals surface area contributed by atoms with Crippen LogP contribution in [0, 0.1) is 0 Å². The number of hydrogen-bond acceptors (Lipinski definition) is 4. The number of anilines is 1. The molecule has 26 heavy (non-hydrogen) atoms. The van der Waals surface area contributed by atoms with Crippen LogP contribution in [-0.2, 0) is 4.79 Å². The molecule has 1 heterocycles. The van der Waals surface area contributed by atoms with Gasteiger partial charge in [-0.1, -0.05) is 29.3 Å². The van der Waals surface area contributed by atoms with E-state index in [1.807, 2.05) is 0 Å². The van der Waals surface area contributed by atoms with Crippen LogP contribution in [0.25, 0.3) is 0 Å². The fourth-order valence-corrected chi connectivity index (χ4v) is 4.07. The molecule has 2 aromatic rings. The van der Waals surface area contributed by atoms with Crippen molar-refractivity contribution in [1.82, 2.24) is 0 Å². The second-order valence-electron chi connectivity index (χ2n) is 5.62. The summed E-state index contributed by atoms with van der Waals surface area (Å²) in [7, 11) is 0. The fourth-order valence-electron chi connectivity index (χ4n) is 2.75. The van der Waals surface area contributed by atoms with Gasteiger partial charge in [-0.05, 0) is 36.8 Å². The van der Waals surface area contributed by atoms with Crippen molar-refractivity contribution in [2.24, 2.45) is 0 Å². The summed E-state index contributed by atoms with van der Waals surface area (Å²) in [5.74, 6) is 0.198. The molecule has 0 bridgehead atoms. The normalized spacial score (nSPS) is 17.5. The maximum absolute atomic E-state index is 13.2. The third-order valence-corrected chi connectivity index (χ3v) is 5.48. The van der Waals surface area contributed by atoms with Gasteiger partial charge < -0.3 is 9.64 Å². The Morgan fingerprint density at radius 1 is 1.12 bits per heavy atom. The van der Waals surface area contributed by atoms with E-state index in [0.29, 0.717) is 32.8 Å². The SMILES string of the molecule is O=C1CCC(Oc2ccc(SF)cc2SF)CN1c1c(Cl)cccc1Cl. The minimum Gasteiger partial charge on any atom is -0.487 e. The minimum absolute atomic E-state index is 0.0116. The lowest BCUT2D eigenvalue weighted by molar-refractivity contribution is -0.120. The van der Waals surface area contributed by atoms with E-state index in [-0.39, 0.29) is 54.2 Å². The molecule has 1 aliphatic rings. The van der Waals surface area contributed by atoms with Crippen molar-refractivity contribution in [3.8, 4) is 5.75 Å². The molecule has 138 valence electrons. The molecule has 3 nitrogen and oxygen atoms in total. The highest BCUT2D eigenvalue weighted by Crippen LogP contribution is 2.38. The van der Waals surface area contributed by atoms with E-state index in [1.165, 1.54) is 23.1 Å². The van der Waals surface area contributed by atoms with Gasteiger partial charge in [-0.3, -0.25) is 4.79 Å². The number of benzene rings is 2. The Morgan fingerprint density at radius 2 is 1.85 bits per heavy atom. The van der Waals surface area contributed by atoms with Gasteiger partial charge in [0.2, 0.25) is 5.91 Å². The number of nitrogens with zero attached hydrogens (tertiary/aromatic N) is 1.